The van der Waals surface area contributed by atoms with Gasteiger partial charge in [-0.1, -0.05) is 32.6 Å². The van der Waals surface area contributed by atoms with Gasteiger partial charge in [-0.05, 0) is 80.0 Å². The number of fused-ring (bicyclic) bond motifs is 5. The van der Waals surface area contributed by atoms with E-state index in [0.29, 0.717) is 0 Å². The Bertz CT molecular complexity index is 320. The predicted octanol–water partition coefficient (Wildman–Crippen LogP) is 5.42. The van der Waals surface area contributed by atoms with Gasteiger partial charge < -0.3 is 0 Å². The first-order valence-corrected chi connectivity index (χ1v) is 8.78. The van der Waals surface area contributed by atoms with Crippen LogP contribution in [0.2, 0.25) is 0 Å². The van der Waals surface area contributed by atoms with Gasteiger partial charge in [0.15, 0.2) is 0 Å². The molecule has 6 atom stereocenters. The molecule has 0 saturated heterocycles. The van der Waals surface area contributed by atoms with Crippen molar-refractivity contribution in [1.82, 2.24) is 0 Å². The Hall–Kier alpha value is 0. The summed E-state index contributed by atoms with van der Waals surface area (Å²) in [4.78, 5) is 0. The Morgan fingerprint density at radius 3 is 2.50 bits per heavy atom. The second-order valence-corrected chi connectivity index (χ2v) is 8.30. The van der Waals surface area contributed by atoms with Crippen molar-refractivity contribution in [1.29, 1.82) is 0 Å². The van der Waals surface area contributed by atoms with E-state index in [1.165, 1.54) is 0 Å². The van der Waals surface area contributed by atoms with Crippen LogP contribution in [0, 0.1) is 35.0 Å². The molecular formula is C18H30. The molecule has 0 heterocycles. The first-order chi connectivity index (χ1) is 8.78. The van der Waals surface area contributed by atoms with Crippen LogP contribution in [0.5, 0.6) is 0 Å². The normalized spacial score (nSPS) is 55.5. The van der Waals surface area contributed by atoms with Gasteiger partial charge in [0.1, 0.15) is 0 Å². The second-order valence-electron chi connectivity index (χ2n) is 8.30. The molecule has 0 nitrogen and oxygen atoms in total. The van der Waals surface area contributed by atoms with Crippen molar-refractivity contribution >= 4 is 0 Å². The highest BCUT2D eigenvalue weighted by Crippen LogP contribution is 2.62. The zero-order chi connectivity index (χ0) is 12.2. The van der Waals surface area contributed by atoms with E-state index in [-0.39, 0.29) is 0 Å². The van der Waals surface area contributed by atoms with Gasteiger partial charge in [-0.3, -0.25) is 0 Å². The van der Waals surface area contributed by atoms with Crippen LogP contribution in [-0.4, -0.2) is 0 Å². The van der Waals surface area contributed by atoms with Gasteiger partial charge in [-0.2, -0.15) is 0 Å². The van der Waals surface area contributed by atoms with E-state index in [1.807, 2.05) is 0 Å². The Morgan fingerprint density at radius 1 is 0.667 bits per heavy atom. The molecule has 4 rings (SSSR count). The minimum atomic E-state index is 0.767. The van der Waals surface area contributed by atoms with Crippen LogP contribution in [0.1, 0.15) is 77.6 Å². The summed E-state index contributed by atoms with van der Waals surface area (Å²) >= 11 is 0. The van der Waals surface area contributed by atoms with Crippen molar-refractivity contribution in [3.63, 3.8) is 0 Å². The summed E-state index contributed by atoms with van der Waals surface area (Å²) in [7, 11) is 0. The molecule has 4 fully saturated rings. The molecule has 0 amide bonds. The average Bonchev–Trinajstić information content (AvgIpc) is 2.80. The number of hydrogen-bond donors (Lipinski definition) is 0. The minimum Gasteiger partial charge on any atom is -0.0594 e. The summed E-state index contributed by atoms with van der Waals surface area (Å²) in [5.41, 5.74) is 0.767. The van der Waals surface area contributed by atoms with E-state index in [1.54, 1.807) is 70.6 Å². The molecule has 0 N–H and O–H groups in total. The van der Waals surface area contributed by atoms with E-state index in [0.717, 1.165) is 35.0 Å². The van der Waals surface area contributed by atoms with E-state index in [2.05, 4.69) is 6.92 Å². The van der Waals surface area contributed by atoms with Crippen molar-refractivity contribution in [3.8, 4) is 0 Å². The molecule has 0 spiro atoms. The molecule has 0 aromatic rings. The summed E-state index contributed by atoms with van der Waals surface area (Å²) < 4.78 is 0. The fraction of sp³-hybridized carbons (Fsp3) is 1.00. The first-order valence-electron chi connectivity index (χ1n) is 8.78. The van der Waals surface area contributed by atoms with Crippen LogP contribution in [-0.2, 0) is 0 Å². The van der Waals surface area contributed by atoms with Crippen LogP contribution in [0.3, 0.4) is 0 Å². The number of rotatable bonds is 0. The SMILES string of the molecule is C[C@@]12CCC[C@H]1[C@@H]1CC[C@@H]3CCCC[C@@H]3[C@H]1CC2. The van der Waals surface area contributed by atoms with Crippen LogP contribution < -0.4 is 0 Å². The lowest BCUT2D eigenvalue weighted by atomic mass is 9.51. The van der Waals surface area contributed by atoms with Gasteiger partial charge in [0.2, 0.25) is 0 Å². The second kappa shape index (κ2) is 4.25. The fourth-order valence-corrected chi connectivity index (χ4v) is 6.82. The van der Waals surface area contributed by atoms with Crippen LogP contribution in [0.25, 0.3) is 0 Å². The van der Waals surface area contributed by atoms with Gasteiger partial charge in [-0.25, -0.2) is 0 Å². The van der Waals surface area contributed by atoms with Crippen molar-refractivity contribution in [2.75, 3.05) is 0 Å². The Morgan fingerprint density at radius 2 is 1.56 bits per heavy atom. The Balaban J connectivity index is 1.59. The lowest BCUT2D eigenvalue weighted by Crippen LogP contribution is -2.46. The van der Waals surface area contributed by atoms with Gasteiger partial charge in [-0.15, -0.1) is 0 Å². The van der Waals surface area contributed by atoms with Gasteiger partial charge in [0, 0.05) is 0 Å². The Labute approximate surface area is 113 Å². The third-order valence-electron chi connectivity index (χ3n) is 7.66. The first kappa shape index (κ1) is 11.8. The zero-order valence-electron chi connectivity index (χ0n) is 12.2. The predicted molar refractivity (Wildman–Crippen MR) is 76.3 cm³/mol. The fourth-order valence-electron chi connectivity index (χ4n) is 6.82. The minimum absolute atomic E-state index is 0.767. The van der Waals surface area contributed by atoms with Crippen LogP contribution in [0.15, 0.2) is 0 Å². The molecular weight excluding hydrogens is 216 g/mol. The van der Waals surface area contributed by atoms with Crippen molar-refractivity contribution in [2.45, 2.75) is 77.6 Å². The van der Waals surface area contributed by atoms with Gasteiger partial charge in [0.25, 0.3) is 0 Å². The molecule has 0 bridgehead atoms. The molecule has 4 aliphatic rings. The quantitative estimate of drug-likeness (QED) is 0.535. The van der Waals surface area contributed by atoms with Crippen molar-refractivity contribution < 1.29 is 0 Å². The highest BCUT2D eigenvalue weighted by atomic mass is 14.6. The molecule has 0 aliphatic heterocycles. The summed E-state index contributed by atoms with van der Waals surface area (Å²) in [6.45, 7) is 2.63. The molecule has 18 heavy (non-hydrogen) atoms. The monoisotopic (exact) mass is 246 g/mol. The van der Waals surface area contributed by atoms with Gasteiger partial charge in [0.05, 0.1) is 0 Å². The van der Waals surface area contributed by atoms with Crippen molar-refractivity contribution in [2.24, 2.45) is 35.0 Å². The molecule has 0 radical (unpaired) electrons. The molecule has 0 aromatic carbocycles. The van der Waals surface area contributed by atoms with Gasteiger partial charge >= 0.3 is 0 Å². The molecule has 0 unspecified atom stereocenters. The molecule has 0 aromatic heterocycles. The molecule has 0 heteroatoms. The molecule has 102 valence electrons. The van der Waals surface area contributed by atoms with E-state index < -0.39 is 0 Å². The molecule has 4 saturated carbocycles. The summed E-state index contributed by atoms with van der Waals surface area (Å²) in [5.74, 6) is 5.72. The van der Waals surface area contributed by atoms with Crippen LogP contribution >= 0.6 is 0 Å². The third kappa shape index (κ3) is 1.63. The average molecular weight is 246 g/mol. The lowest BCUT2D eigenvalue weighted by Gasteiger charge is -2.54. The topological polar surface area (TPSA) is 0 Å². The number of hydrogen-bond acceptors (Lipinski definition) is 0. The molecule has 4 aliphatic carbocycles. The Kier molecular flexibility index (Phi) is 2.79. The largest absolute Gasteiger partial charge is 0.0594 e. The standard InChI is InChI=1S/C18H30/c1-18-11-4-7-17(18)16-9-8-13-5-2-3-6-14(13)15(16)10-12-18/h13-17H,2-12H2,1H3/t13-,14-,15+,16+,17-,18-/m0/s1. The van der Waals surface area contributed by atoms with Crippen LogP contribution in [0.4, 0.5) is 0 Å². The third-order valence-corrected chi connectivity index (χ3v) is 7.66. The zero-order valence-corrected chi connectivity index (χ0v) is 12.2. The summed E-state index contributed by atoms with van der Waals surface area (Å²) in [6, 6.07) is 0. The maximum Gasteiger partial charge on any atom is -0.0295 e. The highest BCUT2D eigenvalue weighted by molar-refractivity contribution is 5.02. The van der Waals surface area contributed by atoms with Crippen molar-refractivity contribution in [3.05, 3.63) is 0 Å². The highest BCUT2D eigenvalue weighted by Gasteiger charge is 2.52. The maximum atomic E-state index is 2.63. The van der Waals surface area contributed by atoms with E-state index >= 15 is 0 Å². The van der Waals surface area contributed by atoms with E-state index in [9.17, 15) is 0 Å². The lowest BCUT2D eigenvalue weighted by molar-refractivity contribution is -0.0492. The smallest absolute Gasteiger partial charge is 0.0295 e. The summed E-state index contributed by atoms with van der Waals surface area (Å²) in [5, 5.41) is 0. The summed E-state index contributed by atoms with van der Waals surface area (Å²) in [6.07, 6.45) is 17.3. The maximum absolute atomic E-state index is 2.63. The van der Waals surface area contributed by atoms with E-state index in [4.69, 9.17) is 0 Å².